The van der Waals surface area contributed by atoms with Crippen molar-refractivity contribution in [1.29, 1.82) is 0 Å². The van der Waals surface area contributed by atoms with Crippen LogP contribution in [-0.2, 0) is 14.2 Å². The number of aliphatic hydroxyl groups excluding tert-OH is 4. The molecule has 4 N–H and O–H groups in total. The summed E-state index contributed by atoms with van der Waals surface area (Å²) in [7, 11) is 0. The van der Waals surface area contributed by atoms with Gasteiger partial charge in [-0.1, -0.05) is 0 Å². The smallest absolute Gasteiger partial charge is 0.187 e. The van der Waals surface area contributed by atoms with E-state index in [0.29, 0.717) is 5.92 Å². The van der Waals surface area contributed by atoms with Crippen LogP contribution in [0.1, 0.15) is 40.0 Å². The maximum Gasteiger partial charge on any atom is 0.187 e. The Morgan fingerprint density at radius 1 is 1.09 bits per heavy atom. The van der Waals surface area contributed by atoms with Gasteiger partial charge in [0.1, 0.15) is 24.4 Å². The van der Waals surface area contributed by atoms with Crippen LogP contribution in [0.25, 0.3) is 0 Å². The number of aliphatic hydroxyl groups is 4. The molecule has 1 aliphatic carbocycles. The fourth-order valence-corrected chi connectivity index (χ4v) is 4.22. The van der Waals surface area contributed by atoms with Gasteiger partial charge in [0.05, 0.1) is 23.9 Å². The molecule has 0 amide bonds. The zero-order chi connectivity index (χ0) is 17.0. The van der Waals surface area contributed by atoms with Crippen LogP contribution in [0.2, 0.25) is 0 Å². The van der Waals surface area contributed by atoms with Crippen LogP contribution in [-0.4, -0.2) is 75.0 Å². The summed E-state index contributed by atoms with van der Waals surface area (Å²) in [6, 6.07) is 0. The third kappa shape index (κ3) is 2.93. The van der Waals surface area contributed by atoms with E-state index in [9.17, 15) is 20.4 Å². The highest BCUT2D eigenvalue weighted by atomic mass is 16.7. The Morgan fingerprint density at radius 3 is 2.35 bits per heavy atom. The Hall–Kier alpha value is -0.280. The first-order valence-corrected chi connectivity index (χ1v) is 8.34. The average Bonchev–Trinajstić information content (AvgIpc) is 2.48. The summed E-state index contributed by atoms with van der Waals surface area (Å²) in [5.41, 5.74) is -0.681. The number of ether oxygens (including phenoxy) is 3. The summed E-state index contributed by atoms with van der Waals surface area (Å²) >= 11 is 0. The van der Waals surface area contributed by atoms with Crippen LogP contribution in [0.4, 0.5) is 0 Å². The zero-order valence-electron chi connectivity index (χ0n) is 13.9. The minimum absolute atomic E-state index is 0.206. The second-order valence-corrected chi connectivity index (χ2v) is 7.81. The van der Waals surface area contributed by atoms with Crippen LogP contribution in [0.15, 0.2) is 0 Å². The summed E-state index contributed by atoms with van der Waals surface area (Å²) in [5, 5.41) is 39.1. The number of hydrogen-bond acceptors (Lipinski definition) is 7. The lowest BCUT2D eigenvalue weighted by atomic mass is 9.67. The Balaban J connectivity index is 1.72. The van der Waals surface area contributed by atoms with Crippen molar-refractivity contribution in [2.75, 3.05) is 6.61 Å². The van der Waals surface area contributed by atoms with Gasteiger partial charge >= 0.3 is 0 Å². The average molecular weight is 332 g/mol. The van der Waals surface area contributed by atoms with Crippen LogP contribution < -0.4 is 0 Å². The minimum Gasteiger partial charge on any atom is -0.394 e. The van der Waals surface area contributed by atoms with E-state index in [1.54, 1.807) is 0 Å². The van der Waals surface area contributed by atoms with Crippen molar-refractivity contribution in [2.24, 2.45) is 5.92 Å². The van der Waals surface area contributed by atoms with Crippen LogP contribution >= 0.6 is 0 Å². The molecular formula is C16H28O7. The third-order valence-electron chi connectivity index (χ3n) is 5.80. The fraction of sp³-hybridized carbons (Fsp3) is 1.00. The Labute approximate surface area is 136 Å². The lowest BCUT2D eigenvalue weighted by Gasteiger charge is -2.58. The third-order valence-corrected chi connectivity index (χ3v) is 5.80. The van der Waals surface area contributed by atoms with Crippen molar-refractivity contribution in [2.45, 2.75) is 88.0 Å². The summed E-state index contributed by atoms with van der Waals surface area (Å²) in [6.45, 7) is 5.70. The van der Waals surface area contributed by atoms with Crippen molar-refractivity contribution in [3.63, 3.8) is 0 Å². The predicted octanol–water partition coefficient (Wildman–Crippen LogP) is -0.461. The fourth-order valence-electron chi connectivity index (χ4n) is 4.22. The second kappa shape index (κ2) is 5.91. The van der Waals surface area contributed by atoms with Gasteiger partial charge in [0.2, 0.25) is 0 Å². The molecule has 7 nitrogen and oxygen atoms in total. The summed E-state index contributed by atoms with van der Waals surface area (Å²) in [6.07, 6.45) is -3.76. The van der Waals surface area contributed by atoms with Crippen molar-refractivity contribution in [3.05, 3.63) is 0 Å². The van der Waals surface area contributed by atoms with Crippen molar-refractivity contribution >= 4 is 0 Å². The maximum atomic E-state index is 10.1. The first kappa shape index (κ1) is 17.5. The van der Waals surface area contributed by atoms with E-state index in [4.69, 9.17) is 14.2 Å². The molecule has 0 radical (unpaired) electrons. The Kier molecular flexibility index (Phi) is 4.51. The zero-order valence-corrected chi connectivity index (χ0v) is 13.9. The van der Waals surface area contributed by atoms with Crippen LogP contribution in [0, 0.1) is 5.92 Å². The molecule has 4 rings (SSSR count). The van der Waals surface area contributed by atoms with Gasteiger partial charge in [-0.2, -0.15) is 0 Å². The first-order valence-electron chi connectivity index (χ1n) is 8.34. The minimum atomic E-state index is -1.42. The van der Waals surface area contributed by atoms with Gasteiger partial charge in [0.15, 0.2) is 6.29 Å². The van der Waals surface area contributed by atoms with E-state index in [1.807, 2.05) is 6.92 Å². The van der Waals surface area contributed by atoms with E-state index in [-0.39, 0.29) is 11.7 Å². The topological polar surface area (TPSA) is 109 Å². The number of rotatable bonds is 3. The standard InChI is InChI=1S/C16H28O7/c1-15(2)8-4-5-16(3,23-15)10(6-8)22-14-13(20)12(19)11(18)9(7-17)21-14/h8-14,17-20H,4-7H2,1-3H3/t8-,9+,10+,11+,12-,13+,14+,16+/m1/s1. The van der Waals surface area contributed by atoms with Crippen LogP contribution in [0.3, 0.4) is 0 Å². The van der Waals surface area contributed by atoms with Gasteiger partial charge in [0.25, 0.3) is 0 Å². The second-order valence-electron chi connectivity index (χ2n) is 7.81. The van der Waals surface area contributed by atoms with E-state index in [2.05, 4.69) is 13.8 Å². The molecule has 4 fully saturated rings. The molecule has 8 atom stereocenters. The molecule has 2 bridgehead atoms. The quantitative estimate of drug-likeness (QED) is 0.554. The number of hydrogen-bond donors (Lipinski definition) is 4. The Bertz CT molecular complexity index is 440. The SMILES string of the molecule is CC1(C)O[C@@]2(C)CC[C@@H]1C[C@@H]2O[C@@H]1O[C@@H](CO)[C@H](O)[C@@H](O)[C@@H]1O. The predicted molar refractivity (Wildman–Crippen MR) is 79.6 cm³/mol. The highest BCUT2D eigenvalue weighted by Crippen LogP contribution is 2.51. The maximum absolute atomic E-state index is 10.1. The monoisotopic (exact) mass is 332 g/mol. The van der Waals surface area contributed by atoms with Gasteiger partial charge < -0.3 is 34.6 Å². The van der Waals surface area contributed by atoms with E-state index < -0.39 is 42.9 Å². The molecule has 0 unspecified atom stereocenters. The van der Waals surface area contributed by atoms with Gasteiger partial charge in [-0.25, -0.2) is 0 Å². The van der Waals surface area contributed by atoms with E-state index in [1.165, 1.54) is 0 Å². The van der Waals surface area contributed by atoms with E-state index >= 15 is 0 Å². The lowest BCUT2D eigenvalue weighted by molar-refractivity contribution is -0.353. The van der Waals surface area contributed by atoms with Crippen LogP contribution in [0.5, 0.6) is 0 Å². The molecular weight excluding hydrogens is 304 g/mol. The van der Waals surface area contributed by atoms with Gasteiger partial charge in [0, 0.05) is 0 Å². The normalized spacial score (nSPS) is 52.6. The molecule has 0 aromatic carbocycles. The molecule has 23 heavy (non-hydrogen) atoms. The molecule has 3 saturated heterocycles. The summed E-state index contributed by atoms with van der Waals surface area (Å²) < 4.78 is 17.6. The molecule has 0 aromatic heterocycles. The largest absolute Gasteiger partial charge is 0.394 e. The molecule has 3 aliphatic heterocycles. The first-order chi connectivity index (χ1) is 10.7. The van der Waals surface area contributed by atoms with Crippen molar-refractivity contribution in [3.8, 4) is 0 Å². The van der Waals surface area contributed by atoms with Gasteiger partial charge in [-0.15, -0.1) is 0 Å². The van der Waals surface area contributed by atoms with Crippen molar-refractivity contribution in [1.82, 2.24) is 0 Å². The molecule has 4 aliphatic rings. The lowest BCUT2D eigenvalue weighted by Crippen LogP contribution is -2.65. The van der Waals surface area contributed by atoms with Crippen molar-refractivity contribution < 1.29 is 34.6 Å². The highest BCUT2D eigenvalue weighted by molar-refractivity contribution is 5.04. The van der Waals surface area contributed by atoms with Gasteiger partial charge in [-0.3, -0.25) is 0 Å². The molecule has 3 heterocycles. The summed E-state index contributed by atoms with van der Waals surface area (Å²) in [4.78, 5) is 0. The molecule has 7 heteroatoms. The Morgan fingerprint density at radius 2 is 1.78 bits per heavy atom. The molecule has 0 spiro atoms. The highest BCUT2D eigenvalue weighted by Gasteiger charge is 2.56. The van der Waals surface area contributed by atoms with E-state index in [0.717, 1.165) is 19.3 Å². The molecule has 134 valence electrons. The summed E-state index contributed by atoms with van der Waals surface area (Å²) in [5.74, 6) is 0.360. The molecule has 0 aromatic rings. The number of fused-ring (bicyclic) bond motifs is 3. The molecule has 1 saturated carbocycles. The van der Waals surface area contributed by atoms with Gasteiger partial charge in [-0.05, 0) is 46.0 Å².